The largest absolute Gasteiger partial charge is 0.497 e. The Bertz CT molecular complexity index is 1200. The van der Waals surface area contributed by atoms with Gasteiger partial charge < -0.3 is 14.4 Å². The summed E-state index contributed by atoms with van der Waals surface area (Å²) < 4.78 is 10.7. The third-order valence-corrected chi connectivity index (χ3v) is 5.93. The average Bonchev–Trinajstić information content (AvgIpc) is 2.90. The van der Waals surface area contributed by atoms with Crippen LogP contribution >= 0.6 is 0 Å². The molecule has 0 bridgehead atoms. The molecule has 4 nitrogen and oxygen atoms in total. The van der Waals surface area contributed by atoms with Crippen molar-refractivity contribution in [2.45, 2.75) is 19.5 Å². The van der Waals surface area contributed by atoms with Crippen molar-refractivity contribution in [3.63, 3.8) is 0 Å². The Morgan fingerprint density at radius 2 is 1.21 bits per heavy atom. The lowest BCUT2D eigenvalue weighted by Crippen LogP contribution is -2.35. The van der Waals surface area contributed by atoms with Gasteiger partial charge in [0.2, 0.25) is 0 Å². The van der Waals surface area contributed by atoms with Crippen LogP contribution in [0.3, 0.4) is 0 Å². The van der Waals surface area contributed by atoms with E-state index in [0.717, 1.165) is 28.2 Å². The fourth-order valence-electron chi connectivity index (χ4n) is 4.05. The number of rotatable bonds is 8. The summed E-state index contributed by atoms with van der Waals surface area (Å²) in [6, 6.07) is 33.4. The van der Waals surface area contributed by atoms with E-state index >= 15 is 0 Å². The molecule has 0 N–H and O–H groups in total. The number of aryl methyl sites for hydroxylation is 1. The standard InChI is InChI=1S/C30H29NO3/c1-22-9-11-24(12-10-22)29(25-13-17-27(33-2)18-14-25)31(21-23-7-5-4-6-8-23)30(32)26-15-19-28(34-3)20-16-26/h4-20,29H,21H2,1-3H3. The second-order valence-electron chi connectivity index (χ2n) is 8.23. The van der Waals surface area contributed by atoms with Gasteiger partial charge in [-0.25, -0.2) is 0 Å². The molecule has 4 rings (SSSR count). The van der Waals surface area contributed by atoms with Gasteiger partial charge in [0.1, 0.15) is 11.5 Å². The fourth-order valence-corrected chi connectivity index (χ4v) is 4.05. The van der Waals surface area contributed by atoms with E-state index in [1.165, 1.54) is 5.56 Å². The average molecular weight is 452 g/mol. The molecule has 1 unspecified atom stereocenters. The van der Waals surface area contributed by atoms with Gasteiger partial charge in [-0.1, -0.05) is 72.3 Å². The summed E-state index contributed by atoms with van der Waals surface area (Å²) in [5, 5.41) is 0. The van der Waals surface area contributed by atoms with Crippen molar-refractivity contribution in [2.24, 2.45) is 0 Å². The first-order chi connectivity index (χ1) is 16.6. The molecular weight excluding hydrogens is 422 g/mol. The minimum atomic E-state index is -0.277. The van der Waals surface area contributed by atoms with E-state index in [0.29, 0.717) is 12.1 Å². The number of benzene rings is 4. The van der Waals surface area contributed by atoms with E-state index in [2.05, 4.69) is 43.3 Å². The Morgan fingerprint density at radius 1 is 0.706 bits per heavy atom. The number of hydrogen-bond donors (Lipinski definition) is 0. The van der Waals surface area contributed by atoms with Gasteiger partial charge in [-0.05, 0) is 60.0 Å². The topological polar surface area (TPSA) is 38.8 Å². The summed E-state index contributed by atoms with van der Waals surface area (Å²) >= 11 is 0. The van der Waals surface area contributed by atoms with Gasteiger partial charge >= 0.3 is 0 Å². The maximum absolute atomic E-state index is 14.0. The van der Waals surface area contributed by atoms with Gasteiger partial charge in [0.25, 0.3) is 5.91 Å². The minimum absolute atomic E-state index is 0.0482. The molecule has 0 spiro atoms. The molecule has 0 aliphatic heterocycles. The molecule has 4 aromatic carbocycles. The Balaban J connectivity index is 1.83. The number of nitrogens with zero attached hydrogens (tertiary/aromatic N) is 1. The highest BCUT2D eigenvalue weighted by Gasteiger charge is 2.28. The molecule has 34 heavy (non-hydrogen) atoms. The molecule has 1 atom stereocenters. The summed E-state index contributed by atoms with van der Waals surface area (Å²) in [5.41, 5.74) is 4.92. The molecule has 172 valence electrons. The van der Waals surface area contributed by atoms with Crippen LogP contribution in [0.15, 0.2) is 103 Å². The first kappa shape index (κ1) is 23.1. The summed E-state index contributed by atoms with van der Waals surface area (Å²) in [5.74, 6) is 1.45. The number of ether oxygens (including phenoxy) is 2. The first-order valence-corrected chi connectivity index (χ1v) is 11.3. The zero-order valence-electron chi connectivity index (χ0n) is 19.8. The van der Waals surface area contributed by atoms with Crippen LogP contribution in [-0.2, 0) is 6.54 Å². The molecule has 0 radical (unpaired) electrons. The van der Waals surface area contributed by atoms with Crippen LogP contribution in [0.2, 0.25) is 0 Å². The van der Waals surface area contributed by atoms with Gasteiger partial charge in [-0.15, -0.1) is 0 Å². The quantitative estimate of drug-likeness (QED) is 0.309. The SMILES string of the molecule is COc1ccc(C(=O)N(Cc2ccccc2)C(c2ccc(C)cc2)c2ccc(OC)cc2)cc1. The van der Waals surface area contributed by atoms with E-state index < -0.39 is 0 Å². The number of hydrogen-bond acceptors (Lipinski definition) is 3. The third kappa shape index (κ3) is 5.29. The van der Waals surface area contributed by atoms with Crippen molar-refractivity contribution in [1.29, 1.82) is 0 Å². The maximum atomic E-state index is 14.0. The zero-order valence-corrected chi connectivity index (χ0v) is 19.8. The first-order valence-electron chi connectivity index (χ1n) is 11.3. The highest BCUT2D eigenvalue weighted by molar-refractivity contribution is 5.95. The normalized spacial score (nSPS) is 11.5. The molecule has 0 heterocycles. The van der Waals surface area contributed by atoms with E-state index in [9.17, 15) is 4.79 Å². The van der Waals surface area contributed by atoms with Crippen LogP contribution in [-0.4, -0.2) is 25.0 Å². The number of carbonyl (C=O) groups is 1. The molecule has 4 heteroatoms. The molecule has 0 aromatic heterocycles. The Labute approximate surface area is 201 Å². The second kappa shape index (κ2) is 10.7. The molecule has 0 saturated carbocycles. The van der Waals surface area contributed by atoms with E-state index in [1.54, 1.807) is 14.2 Å². The van der Waals surface area contributed by atoms with Crippen molar-refractivity contribution in [2.75, 3.05) is 14.2 Å². The van der Waals surface area contributed by atoms with Crippen molar-refractivity contribution < 1.29 is 14.3 Å². The Kier molecular flexibility index (Phi) is 7.28. The summed E-state index contributed by atoms with van der Waals surface area (Å²) in [7, 11) is 3.27. The number of amides is 1. The molecular formula is C30H29NO3. The summed E-state index contributed by atoms with van der Waals surface area (Å²) in [6.07, 6.45) is 0. The predicted octanol–water partition coefficient (Wildman–Crippen LogP) is 6.44. The summed E-state index contributed by atoms with van der Waals surface area (Å²) in [4.78, 5) is 15.9. The third-order valence-electron chi connectivity index (χ3n) is 5.93. The van der Waals surface area contributed by atoms with Crippen molar-refractivity contribution in [1.82, 2.24) is 4.90 Å². The molecule has 0 aliphatic rings. The smallest absolute Gasteiger partial charge is 0.254 e. The fraction of sp³-hybridized carbons (Fsp3) is 0.167. The van der Waals surface area contributed by atoms with E-state index in [-0.39, 0.29) is 11.9 Å². The van der Waals surface area contributed by atoms with Crippen LogP contribution in [0.5, 0.6) is 11.5 Å². The lowest BCUT2D eigenvalue weighted by atomic mass is 9.94. The number of methoxy groups -OCH3 is 2. The van der Waals surface area contributed by atoms with Gasteiger partial charge in [0.15, 0.2) is 0 Å². The molecule has 0 aliphatic carbocycles. The maximum Gasteiger partial charge on any atom is 0.254 e. The molecule has 1 amide bonds. The summed E-state index contributed by atoms with van der Waals surface area (Å²) in [6.45, 7) is 2.53. The number of carbonyl (C=O) groups excluding carboxylic acids is 1. The molecule has 0 saturated heterocycles. The zero-order chi connectivity index (χ0) is 23.9. The van der Waals surface area contributed by atoms with Crippen LogP contribution in [0.25, 0.3) is 0 Å². The van der Waals surface area contributed by atoms with Crippen LogP contribution < -0.4 is 9.47 Å². The van der Waals surface area contributed by atoms with Gasteiger partial charge in [-0.3, -0.25) is 4.79 Å². The molecule has 0 fully saturated rings. The van der Waals surface area contributed by atoms with Gasteiger partial charge in [0, 0.05) is 12.1 Å². The second-order valence-corrected chi connectivity index (χ2v) is 8.23. The van der Waals surface area contributed by atoms with Crippen LogP contribution in [0, 0.1) is 6.92 Å². The van der Waals surface area contributed by atoms with E-state index in [4.69, 9.17) is 9.47 Å². The van der Waals surface area contributed by atoms with Crippen LogP contribution in [0.1, 0.15) is 38.7 Å². The highest BCUT2D eigenvalue weighted by atomic mass is 16.5. The molecule has 4 aromatic rings. The van der Waals surface area contributed by atoms with Crippen molar-refractivity contribution in [3.05, 3.63) is 131 Å². The van der Waals surface area contributed by atoms with Crippen LogP contribution in [0.4, 0.5) is 0 Å². The highest BCUT2D eigenvalue weighted by Crippen LogP contribution is 2.33. The van der Waals surface area contributed by atoms with Gasteiger partial charge in [-0.2, -0.15) is 0 Å². The monoisotopic (exact) mass is 451 g/mol. The predicted molar refractivity (Wildman–Crippen MR) is 135 cm³/mol. The van der Waals surface area contributed by atoms with Crippen molar-refractivity contribution >= 4 is 5.91 Å². The van der Waals surface area contributed by atoms with Crippen molar-refractivity contribution in [3.8, 4) is 11.5 Å². The Morgan fingerprint density at radius 3 is 1.74 bits per heavy atom. The minimum Gasteiger partial charge on any atom is -0.497 e. The lowest BCUT2D eigenvalue weighted by Gasteiger charge is -2.33. The lowest BCUT2D eigenvalue weighted by molar-refractivity contribution is 0.0690. The van der Waals surface area contributed by atoms with Gasteiger partial charge in [0.05, 0.1) is 20.3 Å². The Hall–Kier alpha value is -4.05. The van der Waals surface area contributed by atoms with E-state index in [1.807, 2.05) is 71.6 Å².